The van der Waals surface area contributed by atoms with Crippen molar-refractivity contribution in [3.63, 3.8) is 0 Å². The number of fused-ring (bicyclic) bond motifs is 1. The molecule has 2 N–H and O–H groups in total. The Labute approximate surface area is 169 Å². The number of hydrogen-bond acceptors (Lipinski definition) is 7. The van der Waals surface area contributed by atoms with Crippen LogP contribution in [0.5, 0.6) is 0 Å². The second-order valence-corrected chi connectivity index (χ2v) is 6.87. The van der Waals surface area contributed by atoms with Crippen molar-refractivity contribution < 1.29 is 14.1 Å². The molecule has 0 unspecified atom stereocenters. The molecule has 0 aliphatic carbocycles. The standard InChI is InChI=1S/C19H18N6O5/c1-24-16-14(18(28)25(2)19(24)29)11(17(27)22-16)8-12(26)20-9-13-21-15(23-30-13)10-6-4-3-5-7-10/h3-7,11H,8-9H2,1-2H3,(H,20,26)(H,22,27)/t11-/m1/s1. The summed E-state index contributed by atoms with van der Waals surface area (Å²) in [6.45, 7) is -0.0227. The molecule has 0 bridgehead atoms. The third-order valence-corrected chi connectivity index (χ3v) is 4.93. The average molecular weight is 410 g/mol. The maximum absolute atomic E-state index is 12.5. The minimum Gasteiger partial charge on any atom is -0.347 e. The molecule has 11 nitrogen and oxygen atoms in total. The lowest BCUT2D eigenvalue weighted by Gasteiger charge is -2.10. The first-order valence-electron chi connectivity index (χ1n) is 9.12. The van der Waals surface area contributed by atoms with E-state index in [0.717, 1.165) is 10.1 Å². The summed E-state index contributed by atoms with van der Waals surface area (Å²) in [4.78, 5) is 53.4. The second kappa shape index (κ2) is 7.43. The van der Waals surface area contributed by atoms with Crippen LogP contribution in [0.15, 0.2) is 44.4 Å². The van der Waals surface area contributed by atoms with Gasteiger partial charge >= 0.3 is 5.69 Å². The Bertz CT molecular complexity index is 1260. The minimum atomic E-state index is -0.993. The van der Waals surface area contributed by atoms with Crippen molar-refractivity contribution in [1.82, 2.24) is 24.6 Å². The van der Waals surface area contributed by atoms with E-state index in [1.54, 1.807) is 0 Å². The smallest absolute Gasteiger partial charge is 0.332 e. The second-order valence-electron chi connectivity index (χ2n) is 6.87. The van der Waals surface area contributed by atoms with Crippen molar-refractivity contribution in [2.75, 3.05) is 5.32 Å². The van der Waals surface area contributed by atoms with Crippen LogP contribution in [0, 0.1) is 0 Å². The predicted molar refractivity (Wildman–Crippen MR) is 104 cm³/mol. The highest BCUT2D eigenvalue weighted by Crippen LogP contribution is 2.30. The SMILES string of the molecule is Cn1c2c(c(=O)n(C)c1=O)[C@@H](CC(=O)NCc1nc(-c3ccccc3)no1)C(=O)N2. The third kappa shape index (κ3) is 3.30. The van der Waals surface area contributed by atoms with Crippen LogP contribution in [0.1, 0.15) is 23.8 Å². The van der Waals surface area contributed by atoms with Gasteiger partial charge in [-0.05, 0) is 0 Å². The number of nitrogens with zero attached hydrogens (tertiary/aromatic N) is 4. The molecule has 3 heterocycles. The number of anilines is 1. The highest BCUT2D eigenvalue weighted by atomic mass is 16.5. The fraction of sp³-hybridized carbons (Fsp3) is 0.263. The minimum absolute atomic E-state index is 0.0227. The molecule has 1 atom stereocenters. The molecule has 3 aromatic rings. The van der Waals surface area contributed by atoms with Crippen molar-refractivity contribution in [3.05, 3.63) is 62.6 Å². The van der Waals surface area contributed by atoms with Gasteiger partial charge in [0.1, 0.15) is 5.82 Å². The number of amides is 2. The Morgan fingerprint density at radius 2 is 1.90 bits per heavy atom. The van der Waals surface area contributed by atoms with E-state index in [1.807, 2.05) is 30.3 Å². The monoisotopic (exact) mass is 410 g/mol. The van der Waals surface area contributed by atoms with Crippen LogP contribution in [0.4, 0.5) is 5.82 Å². The molecule has 30 heavy (non-hydrogen) atoms. The van der Waals surface area contributed by atoms with E-state index >= 15 is 0 Å². The maximum Gasteiger partial charge on any atom is 0.332 e. The van der Waals surface area contributed by atoms with E-state index in [1.165, 1.54) is 18.7 Å². The topological polar surface area (TPSA) is 141 Å². The summed E-state index contributed by atoms with van der Waals surface area (Å²) in [5.74, 6) is -1.26. The molecule has 154 valence electrons. The first-order chi connectivity index (χ1) is 14.4. The maximum atomic E-state index is 12.5. The zero-order valence-electron chi connectivity index (χ0n) is 16.2. The van der Waals surface area contributed by atoms with E-state index < -0.39 is 29.0 Å². The Morgan fingerprint density at radius 1 is 1.17 bits per heavy atom. The quantitative estimate of drug-likeness (QED) is 0.597. The Kier molecular flexibility index (Phi) is 4.78. The molecule has 4 rings (SSSR count). The molecular weight excluding hydrogens is 392 g/mol. The molecule has 0 fully saturated rings. The van der Waals surface area contributed by atoms with E-state index in [-0.39, 0.29) is 30.2 Å². The summed E-state index contributed by atoms with van der Waals surface area (Å²) in [5.41, 5.74) is -0.285. The largest absolute Gasteiger partial charge is 0.347 e. The van der Waals surface area contributed by atoms with E-state index in [4.69, 9.17) is 4.52 Å². The van der Waals surface area contributed by atoms with Crippen molar-refractivity contribution >= 4 is 17.6 Å². The number of aromatic nitrogens is 4. The lowest BCUT2D eigenvalue weighted by Crippen LogP contribution is -2.39. The van der Waals surface area contributed by atoms with Gasteiger partial charge in [-0.25, -0.2) is 4.79 Å². The van der Waals surface area contributed by atoms with Crippen molar-refractivity contribution in [2.24, 2.45) is 14.1 Å². The van der Waals surface area contributed by atoms with Gasteiger partial charge in [0.2, 0.25) is 23.5 Å². The number of benzene rings is 1. The molecule has 2 amide bonds. The van der Waals surface area contributed by atoms with E-state index in [9.17, 15) is 19.2 Å². The molecule has 1 aliphatic heterocycles. The molecule has 0 saturated carbocycles. The van der Waals surface area contributed by atoms with Crippen LogP contribution in [0.25, 0.3) is 11.4 Å². The van der Waals surface area contributed by atoms with E-state index in [0.29, 0.717) is 5.82 Å². The van der Waals surface area contributed by atoms with Gasteiger partial charge in [0.25, 0.3) is 5.56 Å². The zero-order chi connectivity index (χ0) is 21.4. The van der Waals surface area contributed by atoms with Crippen molar-refractivity contribution in [1.29, 1.82) is 0 Å². The van der Waals surface area contributed by atoms with Crippen LogP contribution < -0.4 is 21.9 Å². The number of carbonyl (C=O) groups is 2. The van der Waals surface area contributed by atoms with Gasteiger partial charge in [-0.2, -0.15) is 4.98 Å². The van der Waals surface area contributed by atoms with Crippen LogP contribution in [0.3, 0.4) is 0 Å². The molecule has 11 heteroatoms. The summed E-state index contributed by atoms with van der Waals surface area (Å²) in [5, 5.41) is 9.00. The molecule has 0 saturated heterocycles. The van der Waals surface area contributed by atoms with Crippen molar-refractivity contribution in [2.45, 2.75) is 18.9 Å². The molecule has 2 aromatic heterocycles. The Hall–Kier alpha value is -4.02. The van der Waals surface area contributed by atoms with Crippen LogP contribution in [-0.4, -0.2) is 31.1 Å². The predicted octanol–water partition coefficient (Wildman–Crippen LogP) is -0.124. The van der Waals surface area contributed by atoms with Gasteiger partial charge < -0.3 is 15.2 Å². The molecule has 0 radical (unpaired) electrons. The fourth-order valence-corrected chi connectivity index (χ4v) is 3.33. The molecule has 0 spiro atoms. The molecule has 1 aromatic carbocycles. The summed E-state index contributed by atoms with van der Waals surface area (Å²) >= 11 is 0. The van der Waals surface area contributed by atoms with Gasteiger partial charge in [0.15, 0.2) is 0 Å². The fourth-order valence-electron chi connectivity index (χ4n) is 3.33. The lowest BCUT2D eigenvalue weighted by molar-refractivity contribution is -0.125. The zero-order valence-corrected chi connectivity index (χ0v) is 16.2. The average Bonchev–Trinajstić information content (AvgIpc) is 3.35. The van der Waals surface area contributed by atoms with E-state index in [2.05, 4.69) is 20.8 Å². The van der Waals surface area contributed by atoms with Crippen LogP contribution >= 0.6 is 0 Å². The van der Waals surface area contributed by atoms with Gasteiger partial charge in [0.05, 0.1) is 18.0 Å². The van der Waals surface area contributed by atoms with Gasteiger partial charge in [0, 0.05) is 26.1 Å². The molecular formula is C19H18N6O5. The number of nitrogens with one attached hydrogen (secondary N) is 2. The number of hydrogen-bond donors (Lipinski definition) is 2. The highest BCUT2D eigenvalue weighted by molar-refractivity contribution is 6.03. The summed E-state index contributed by atoms with van der Waals surface area (Å²) in [6, 6.07) is 9.22. The van der Waals surface area contributed by atoms with Crippen LogP contribution in [-0.2, 0) is 30.2 Å². The molecule has 1 aliphatic rings. The summed E-state index contributed by atoms with van der Waals surface area (Å²) in [7, 11) is 2.77. The number of rotatable bonds is 5. The lowest BCUT2D eigenvalue weighted by atomic mass is 9.99. The van der Waals surface area contributed by atoms with Gasteiger partial charge in [-0.15, -0.1) is 0 Å². The summed E-state index contributed by atoms with van der Waals surface area (Å²) in [6.07, 6.45) is -0.258. The number of carbonyl (C=O) groups excluding carboxylic acids is 2. The Balaban J connectivity index is 1.46. The Morgan fingerprint density at radius 3 is 2.63 bits per heavy atom. The first kappa shape index (κ1) is 19.3. The van der Waals surface area contributed by atoms with Gasteiger partial charge in [-0.3, -0.25) is 23.5 Å². The third-order valence-electron chi connectivity index (χ3n) is 4.93. The van der Waals surface area contributed by atoms with Crippen LogP contribution in [0.2, 0.25) is 0 Å². The highest BCUT2D eigenvalue weighted by Gasteiger charge is 2.37. The van der Waals surface area contributed by atoms with Gasteiger partial charge in [-0.1, -0.05) is 35.5 Å². The first-order valence-corrected chi connectivity index (χ1v) is 9.12. The normalized spacial score (nSPS) is 15.0. The summed E-state index contributed by atoms with van der Waals surface area (Å²) < 4.78 is 7.22. The van der Waals surface area contributed by atoms with Crippen molar-refractivity contribution in [3.8, 4) is 11.4 Å².